The van der Waals surface area contributed by atoms with Gasteiger partial charge in [-0.1, -0.05) is 6.07 Å². The molecule has 0 amide bonds. The van der Waals surface area contributed by atoms with E-state index >= 15 is 0 Å². The second-order valence-corrected chi connectivity index (χ2v) is 10.1. The predicted octanol–water partition coefficient (Wildman–Crippen LogP) is 4.67. The fourth-order valence-electron chi connectivity index (χ4n) is 5.00. The van der Waals surface area contributed by atoms with E-state index in [1.54, 1.807) is 31.8 Å². The Labute approximate surface area is 195 Å². The molecule has 2 N–H and O–H groups in total. The number of nitrogens with one attached hydrogen (secondary N) is 1. The molecule has 174 valence electrons. The zero-order valence-electron chi connectivity index (χ0n) is 20.3. The van der Waals surface area contributed by atoms with E-state index in [1.165, 1.54) is 0 Å². The summed E-state index contributed by atoms with van der Waals surface area (Å²) in [5, 5.41) is 14.4. The first-order valence-corrected chi connectivity index (χ1v) is 11.2. The maximum absolute atomic E-state index is 10.7. The van der Waals surface area contributed by atoms with E-state index in [-0.39, 0.29) is 16.8 Å². The lowest BCUT2D eigenvalue weighted by molar-refractivity contribution is 0.160. The molecule has 3 aromatic rings. The highest BCUT2D eigenvalue weighted by molar-refractivity contribution is 5.74. The smallest absolute Gasteiger partial charge is 0.213 e. The van der Waals surface area contributed by atoms with Crippen molar-refractivity contribution in [2.45, 2.75) is 57.7 Å². The molecule has 1 saturated heterocycles. The van der Waals surface area contributed by atoms with E-state index in [9.17, 15) is 5.11 Å². The molecule has 2 aromatic heterocycles. The van der Waals surface area contributed by atoms with Gasteiger partial charge in [0.2, 0.25) is 5.88 Å². The van der Waals surface area contributed by atoms with Crippen molar-refractivity contribution in [2.75, 3.05) is 19.1 Å². The number of aromatic nitrogens is 3. The fraction of sp³-hybridized carbons (Fsp3) is 0.423. The van der Waals surface area contributed by atoms with E-state index in [4.69, 9.17) is 4.74 Å². The molecule has 0 atom stereocenters. The van der Waals surface area contributed by atoms with E-state index in [1.807, 2.05) is 24.3 Å². The molecule has 1 aliphatic rings. The number of aromatic hydroxyl groups is 1. The third kappa shape index (κ3) is 5.09. The summed E-state index contributed by atoms with van der Waals surface area (Å²) < 4.78 is 5.20. The number of ether oxygens (including phenoxy) is 1. The molecular formula is C26H33N5O2. The van der Waals surface area contributed by atoms with Crippen LogP contribution in [-0.4, -0.2) is 51.3 Å². The average molecular weight is 448 g/mol. The molecule has 7 heteroatoms. The van der Waals surface area contributed by atoms with Gasteiger partial charge in [0.15, 0.2) is 0 Å². The zero-order chi connectivity index (χ0) is 23.8. The maximum atomic E-state index is 10.7. The summed E-state index contributed by atoms with van der Waals surface area (Å²) in [5.41, 5.74) is 3.18. The van der Waals surface area contributed by atoms with Gasteiger partial charge in [-0.3, -0.25) is 4.98 Å². The van der Waals surface area contributed by atoms with Gasteiger partial charge in [0, 0.05) is 42.0 Å². The number of methoxy groups -OCH3 is 1. The number of phenolic OH excluding ortho intramolecular Hbond substituents is 1. The highest BCUT2D eigenvalue weighted by atomic mass is 16.5. The van der Waals surface area contributed by atoms with Gasteiger partial charge in [-0.15, -0.1) is 0 Å². The zero-order valence-corrected chi connectivity index (χ0v) is 20.3. The summed E-state index contributed by atoms with van der Waals surface area (Å²) in [4.78, 5) is 15.7. The van der Waals surface area contributed by atoms with Crippen LogP contribution in [0.1, 0.15) is 40.5 Å². The summed E-state index contributed by atoms with van der Waals surface area (Å²) in [6.07, 6.45) is 7.26. The number of benzene rings is 1. The second kappa shape index (κ2) is 8.63. The summed E-state index contributed by atoms with van der Waals surface area (Å²) in [7, 11) is 3.67. The third-order valence-corrected chi connectivity index (χ3v) is 6.27. The van der Waals surface area contributed by atoms with E-state index < -0.39 is 0 Å². The minimum atomic E-state index is 0.0560. The van der Waals surface area contributed by atoms with Crippen molar-refractivity contribution in [3.63, 3.8) is 0 Å². The molecule has 0 spiro atoms. The number of nitrogens with zero attached hydrogens (tertiary/aromatic N) is 4. The van der Waals surface area contributed by atoms with Crippen molar-refractivity contribution in [1.82, 2.24) is 20.3 Å². The molecule has 0 bridgehead atoms. The Balaban J connectivity index is 1.54. The number of anilines is 1. The van der Waals surface area contributed by atoms with E-state index in [2.05, 4.69) is 59.9 Å². The van der Waals surface area contributed by atoms with Crippen molar-refractivity contribution in [3.8, 4) is 34.0 Å². The quantitative estimate of drug-likeness (QED) is 0.588. The van der Waals surface area contributed by atoms with Crippen LogP contribution in [0.15, 0.2) is 48.9 Å². The largest absolute Gasteiger partial charge is 0.507 e. The third-order valence-electron chi connectivity index (χ3n) is 6.27. The molecule has 0 unspecified atom stereocenters. The average Bonchev–Trinajstić information content (AvgIpc) is 2.76. The van der Waals surface area contributed by atoms with Crippen LogP contribution in [0.2, 0.25) is 0 Å². The number of pyridine rings is 1. The molecular weight excluding hydrogens is 414 g/mol. The molecule has 1 fully saturated rings. The number of piperidine rings is 1. The molecule has 0 radical (unpaired) electrons. The van der Waals surface area contributed by atoms with Gasteiger partial charge in [-0.2, -0.15) is 0 Å². The predicted molar refractivity (Wildman–Crippen MR) is 132 cm³/mol. The van der Waals surface area contributed by atoms with Crippen molar-refractivity contribution >= 4 is 5.82 Å². The molecule has 4 rings (SSSR count). The standard InChI is InChI=1S/C26H33N5O2/c1-25(2)13-19(14-26(3,4)30-25)31(5)23-16-28-21(15-29-23)20-8-7-17(11-22(20)32)18-9-10-27-24(12-18)33-6/h7-12,15-16,19,30,32H,13-14H2,1-6H3. The van der Waals surface area contributed by atoms with Crippen LogP contribution in [0.3, 0.4) is 0 Å². The normalized spacial score (nSPS) is 17.5. The van der Waals surface area contributed by atoms with Crippen LogP contribution in [0.5, 0.6) is 11.6 Å². The monoisotopic (exact) mass is 447 g/mol. The Morgan fingerprint density at radius 2 is 1.67 bits per heavy atom. The van der Waals surface area contributed by atoms with Crippen LogP contribution in [-0.2, 0) is 0 Å². The lowest BCUT2D eigenvalue weighted by atomic mass is 9.79. The van der Waals surface area contributed by atoms with Gasteiger partial charge in [0.25, 0.3) is 0 Å². The lowest BCUT2D eigenvalue weighted by Gasteiger charge is -2.49. The fourth-order valence-corrected chi connectivity index (χ4v) is 5.00. The summed E-state index contributed by atoms with van der Waals surface area (Å²) in [6, 6.07) is 9.62. The van der Waals surface area contributed by atoms with Crippen molar-refractivity contribution in [2.24, 2.45) is 0 Å². The van der Waals surface area contributed by atoms with Gasteiger partial charge >= 0.3 is 0 Å². The minimum Gasteiger partial charge on any atom is -0.507 e. The van der Waals surface area contributed by atoms with Crippen molar-refractivity contribution in [1.29, 1.82) is 0 Å². The number of phenols is 1. The van der Waals surface area contributed by atoms with Gasteiger partial charge in [0.05, 0.1) is 25.2 Å². The Hall–Kier alpha value is -3.19. The Morgan fingerprint density at radius 1 is 0.970 bits per heavy atom. The lowest BCUT2D eigenvalue weighted by Crippen LogP contribution is -2.62. The van der Waals surface area contributed by atoms with Crippen LogP contribution >= 0.6 is 0 Å². The van der Waals surface area contributed by atoms with Crippen LogP contribution in [0, 0.1) is 0 Å². The van der Waals surface area contributed by atoms with Gasteiger partial charge in [0.1, 0.15) is 11.6 Å². The molecule has 3 heterocycles. The summed E-state index contributed by atoms with van der Waals surface area (Å²) >= 11 is 0. The topological polar surface area (TPSA) is 83.4 Å². The second-order valence-electron chi connectivity index (χ2n) is 10.1. The molecule has 33 heavy (non-hydrogen) atoms. The molecule has 7 nitrogen and oxygen atoms in total. The summed E-state index contributed by atoms with van der Waals surface area (Å²) in [5.74, 6) is 1.51. The molecule has 1 aromatic carbocycles. The SMILES string of the molecule is COc1cc(-c2ccc(-c3cnc(N(C)C4CC(C)(C)NC(C)(C)C4)cn3)c(O)c2)ccn1. The Kier molecular flexibility index (Phi) is 6.01. The van der Waals surface area contributed by atoms with Gasteiger partial charge in [-0.05, 0) is 69.9 Å². The maximum Gasteiger partial charge on any atom is 0.213 e. The van der Waals surface area contributed by atoms with Gasteiger partial charge in [-0.25, -0.2) is 9.97 Å². The molecule has 0 aliphatic carbocycles. The Morgan fingerprint density at radius 3 is 2.27 bits per heavy atom. The number of hydrogen-bond donors (Lipinski definition) is 2. The van der Waals surface area contributed by atoms with E-state index in [0.29, 0.717) is 23.2 Å². The number of rotatable bonds is 5. The van der Waals surface area contributed by atoms with Crippen LogP contribution in [0.4, 0.5) is 5.82 Å². The highest BCUT2D eigenvalue weighted by Crippen LogP contribution is 2.35. The van der Waals surface area contributed by atoms with Crippen LogP contribution in [0.25, 0.3) is 22.4 Å². The van der Waals surface area contributed by atoms with Gasteiger partial charge < -0.3 is 20.1 Å². The van der Waals surface area contributed by atoms with Crippen LogP contribution < -0.4 is 15.0 Å². The van der Waals surface area contributed by atoms with E-state index in [0.717, 1.165) is 29.8 Å². The van der Waals surface area contributed by atoms with Crippen molar-refractivity contribution in [3.05, 3.63) is 48.9 Å². The minimum absolute atomic E-state index is 0.0560. The highest BCUT2D eigenvalue weighted by Gasteiger charge is 2.39. The first-order valence-electron chi connectivity index (χ1n) is 11.2. The molecule has 1 aliphatic heterocycles. The Bertz CT molecular complexity index is 1110. The molecule has 0 saturated carbocycles. The first-order chi connectivity index (χ1) is 15.6. The summed E-state index contributed by atoms with van der Waals surface area (Å²) in [6.45, 7) is 8.99. The first kappa shape index (κ1) is 23.0. The van der Waals surface area contributed by atoms with Crippen molar-refractivity contribution < 1.29 is 9.84 Å². The number of hydrogen-bond acceptors (Lipinski definition) is 7.